The Labute approximate surface area is 329 Å². The number of amides is 4. The molecular weight excluding hydrogens is 772 g/mol. The molecule has 0 saturated carbocycles. The van der Waals surface area contributed by atoms with Gasteiger partial charge in [-0.2, -0.15) is 0 Å². The van der Waals surface area contributed by atoms with Crippen LogP contribution in [0, 0.1) is 0 Å². The van der Waals surface area contributed by atoms with Crippen molar-refractivity contribution in [1.82, 2.24) is 9.80 Å². The highest BCUT2D eigenvalue weighted by atomic mass is 16.7. The minimum Gasteiger partial charge on any atom is -0.456 e. The number of nitrogens with zero attached hydrogens (tertiary/aromatic N) is 2. The lowest BCUT2D eigenvalue weighted by atomic mass is 9.94. The van der Waals surface area contributed by atoms with E-state index < -0.39 is 128 Å². The minimum absolute atomic E-state index is 0.0216. The highest BCUT2D eigenvalue weighted by Gasteiger charge is 2.60. The van der Waals surface area contributed by atoms with Crippen LogP contribution in [0.5, 0.6) is 0 Å². The quantitative estimate of drug-likeness (QED) is 0.179. The van der Waals surface area contributed by atoms with Crippen molar-refractivity contribution in [2.45, 2.75) is 95.9 Å². The molecule has 308 valence electrons. The Morgan fingerprint density at radius 3 is 1.21 bits per heavy atom. The Hall–Kier alpha value is -6.09. The molecule has 20 nitrogen and oxygen atoms in total. The average molecular weight is 811 g/mol. The number of esters is 5. The second-order valence-electron chi connectivity index (χ2n) is 13.5. The molecule has 58 heavy (non-hydrogen) atoms. The maximum absolute atomic E-state index is 13.9. The summed E-state index contributed by atoms with van der Waals surface area (Å²) in [7, 11) is 0. The molecule has 10 atom stereocenters. The number of imide groups is 2. The molecule has 0 aromatic heterocycles. The van der Waals surface area contributed by atoms with Crippen LogP contribution in [-0.4, -0.2) is 143 Å². The zero-order chi connectivity index (χ0) is 42.2. The normalized spacial score (nSPS) is 29.0. The summed E-state index contributed by atoms with van der Waals surface area (Å²) in [6, 6.07) is 8.08. The van der Waals surface area contributed by atoms with Gasteiger partial charge < -0.3 is 43.0 Å². The van der Waals surface area contributed by atoms with E-state index in [4.69, 9.17) is 37.9 Å². The van der Waals surface area contributed by atoms with Gasteiger partial charge in [-0.15, -0.1) is 0 Å². The molecule has 1 unspecified atom stereocenters. The van der Waals surface area contributed by atoms with Crippen molar-refractivity contribution in [2.75, 3.05) is 13.2 Å². The van der Waals surface area contributed by atoms with E-state index in [0.29, 0.717) is 9.80 Å². The maximum atomic E-state index is 13.9. The van der Waals surface area contributed by atoms with Crippen LogP contribution in [0.3, 0.4) is 0 Å². The number of benzene rings is 2. The lowest BCUT2D eigenvalue weighted by molar-refractivity contribution is -0.311. The zero-order valence-electron chi connectivity index (χ0n) is 31.6. The highest BCUT2D eigenvalue weighted by Crippen LogP contribution is 2.38. The predicted molar refractivity (Wildman–Crippen MR) is 186 cm³/mol. The van der Waals surface area contributed by atoms with Gasteiger partial charge in [0.1, 0.15) is 24.3 Å². The summed E-state index contributed by atoms with van der Waals surface area (Å²) in [5, 5.41) is 10.4. The van der Waals surface area contributed by atoms with E-state index in [9.17, 15) is 48.3 Å². The fourth-order valence-corrected chi connectivity index (χ4v) is 7.47. The molecule has 20 heteroatoms. The summed E-state index contributed by atoms with van der Waals surface area (Å²) in [5.41, 5.74) is -0.100. The maximum Gasteiger partial charge on any atom is 0.305 e. The first-order chi connectivity index (χ1) is 27.5. The van der Waals surface area contributed by atoms with Gasteiger partial charge in [-0.3, -0.25) is 53.0 Å². The van der Waals surface area contributed by atoms with E-state index >= 15 is 0 Å². The van der Waals surface area contributed by atoms with Crippen molar-refractivity contribution >= 4 is 53.5 Å². The topological polar surface area (TPSA) is 254 Å². The van der Waals surface area contributed by atoms with Gasteiger partial charge in [0.2, 0.25) is 6.29 Å². The van der Waals surface area contributed by atoms with Crippen LogP contribution in [-0.2, 0) is 61.9 Å². The predicted octanol–water partition coefficient (Wildman–Crippen LogP) is 0.0646. The zero-order valence-corrected chi connectivity index (χ0v) is 31.6. The molecule has 2 fully saturated rings. The SMILES string of the molecule is CC(=O)OC1O[C@H](CO[C@@H]2O[C@H](CO)[C@@H](OC(C)=O)[C@H](OC(C)=O)[C@H]2N2C(=O)c3ccccc3C2=O)[C@@H](OC(C)=O)[C@H](OC(C)=O)[C@H]1N1C(=O)c2ccccc2C1=O. The Morgan fingerprint density at radius 2 is 0.845 bits per heavy atom. The molecular formula is C38H38N2O18. The van der Waals surface area contributed by atoms with Crippen LogP contribution < -0.4 is 0 Å². The van der Waals surface area contributed by atoms with Gasteiger partial charge in [0, 0.05) is 34.6 Å². The van der Waals surface area contributed by atoms with Crippen molar-refractivity contribution in [3.63, 3.8) is 0 Å². The molecule has 0 radical (unpaired) electrons. The largest absolute Gasteiger partial charge is 0.456 e. The van der Waals surface area contributed by atoms with Gasteiger partial charge in [-0.25, -0.2) is 0 Å². The molecule has 2 aromatic rings. The first kappa shape index (κ1) is 41.5. The number of carbonyl (C=O) groups is 9. The molecule has 4 aliphatic heterocycles. The number of ether oxygens (including phenoxy) is 8. The van der Waals surface area contributed by atoms with E-state index in [1.807, 2.05) is 0 Å². The van der Waals surface area contributed by atoms with Gasteiger partial charge in [-0.05, 0) is 24.3 Å². The number of aliphatic hydroxyl groups is 1. The fourth-order valence-electron chi connectivity index (χ4n) is 7.47. The fraction of sp³-hybridized carbons (Fsp3) is 0.447. The standard InChI is InChI=1S/C38H38N2O18/c1-16(42)52-29-25(14-41)57-37(27(31(29)54-18(3)44)39-33(47)21-10-6-7-11-22(21)34(39)48)51-15-26-30(53-17(2)43)32(55-19(4)45)28(38(58-26)56-20(5)46)40-35(49)23-12-8-9-13-24(23)36(40)50/h6-13,25-32,37-38,41H,14-15H2,1-5H3/t25-,26-,27-,28-,29-,30-,31-,32-,37-,38?/m1/s1. The lowest BCUT2D eigenvalue weighted by Crippen LogP contribution is -2.69. The van der Waals surface area contributed by atoms with Gasteiger partial charge in [0.05, 0.1) is 35.5 Å². The molecule has 2 aromatic carbocycles. The molecule has 6 rings (SSSR count). The van der Waals surface area contributed by atoms with Crippen molar-refractivity contribution in [3.8, 4) is 0 Å². The van der Waals surface area contributed by atoms with Gasteiger partial charge in [-0.1, -0.05) is 24.3 Å². The van der Waals surface area contributed by atoms with Gasteiger partial charge in [0.25, 0.3) is 23.6 Å². The third-order valence-corrected chi connectivity index (χ3v) is 9.57. The summed E-state index contributed by atoms with van der Waals surface area (Å²) < 4.78 is 45.9. The molecule has 4 heterocycles. The average Bonchev–Trinajstić information content (AvgIpc) is 3.55. The van der Waals surface area contributed by atoms with E-state index in [0.717, 1.165) is 34.6 Å². The Bertz CT molecular complexity index is 1980. The summed E-state index contributed by atoms with van der Waals surface area (Å²) in [6.45, 7) is 3.38. The van der Waals surface area contributed by atoms with Crippen LogP contribution in [0.4, 0.5) is 0 Å². The van der Waals surface area contributed by atoms with Crippen molar-refractivity contribution in [3.05, 3.63) is 70.8 Å². The molecule has 0 aliphatic carbocycles. The smallest absolute Gasteiger partial charge is 0.305 e. The van der Waals surface area contributed by atoms with E-state index in [1.165, 1.54) is 48.5 Å². The van der Waals surface area contributed by atoms with Crippen LogP contribution >= 0.6 is 0 Å². The van der Waals surface area contributed by atoms with Gasteiger partial charge in [0.15, 0.2) is 30.7 Å². The highest BCUT2D eigenvalue weighted by molar-refractivity contribution is 6.22. The molecule has 1 N–H and O–H groups in total. The summed E-state index contributed by atoms with van der Waals surface area (Å²) >= 11 is 0. The number of aliphatic hydroxyl groups excluding tert-OH is 1. The third kappa shape index (κ3) is 7.90. The van der Waals surface area contributed by atoms with Crippen LogP contribution in [0.25, 0.3) is 0 Å². The number of rotatable bonds is 11. The lowest BCUT2D eigenvalue weighted by Gasteiger charge is -2.48. The summed E-state index contributed by atoms with van der Waals surface area (Å²) in [5.74, 6) is -8.22. The Balaban J connectivity index is 1.41. The number of carbonyl (C=O) groups excluding carboxylic acids is 9. The number of fused-ring (bicyclic) bond motifs is 2. The van der Waals surface area contributed by atoms with E-state index in [-0.39, 0.29) is 22.3 Å². The van der Waals surface area contributed by atoms with Crippen molar-refractivity contribution in [1.29, 1.82) is 0 Å². The number of hydrogen-bond donors (Lipinski definition) is 1. The summed E-state index contributed by atoms with van der Waals surface area (Å²) in [4.78, 5) is 119. The van der Waals surface area contributed by atoms with Crippen LogP contribution in [0.15, 0.2) is 48.5 Å². The van der Waals surface area contributed by atoms with Crippen molar-refractivity contribution in [2.24, 2.45) is 0 Å². The summed E-state index contributed by atoms with van der Waals surface area (Å²) in [6.07, 6.45) is -13.7. The Kier molecular flexibility index (Phi) is 12.0. The second-order valence-corrected chi connectivity index (χ2v) is 13.5. The second kappa shape index (κ2) is 16.8. The van der Waals surface area contributed by atoms with E-state index in [2.05, 4.69) is 0 Å². The first-order valence-electron chi connectivity index (χ1n) is 17.9. The third-order valence-electron chi connectivity index (χ3n) is 9.57. The molecule has 4 aliphatic rings. The van der Waals surface area contributed by atoms with E-state index in [1.54, 1.807) is 0 Å². The Morgan fingerprint density at radius 1 is 0.517 bits per heavy atom. The molecule has 0 bridgehead atoms. The monoisotopic (exact) mass is 810 g/mol. The molecule has 0 spiro atoms. The molecule has 4 amide bonds. The van der Waals surface area contributed by atoms with Crippen molar-refractivity contribution < 1.29 is 86.2 Å². The van der Waals surface area contributed by atoms with Crippen LogP contribution in [0.1, 0.15) is 76.1 Å². The number of hydrogen-bond acceptors (Lipinski definition) is 18. The minimum atomic E-state index is -1.89. The molecule has 2 saturated heterocycles. The first-order valence-corrected chi connectivity index (χ1v) is 17.9. The van der Waals surface area contributed by atoms with Gasteiger partial charge >= 0.3 is 29.8 Å². The van der Waals surface area contributed by atoms with Crippen LogP contribution in [0.2, 0.25) is 0 Å².